The first-order valence-corrected chi connectivity index (χ1v) is 10.8. The molecule has 1 unspecified atom stereocenters. The number of benzene rings is 1. The minimum Gasteiger partial charge on any atom is -0.386 e. The number of hydrogen-bond acceptors (Lipinski definition) is 3. The van der Waals surface area contributed by atoms with E-state index >= 15 is 0 Å². The predicted molar refractivity (Wildman–Crippen MR) is 108 cm³/mol. The number of likely N-dealkylation sites (tertiary alicyclic amines) is 2. The van der Waals surface area contributed by atoms with E-state index in [4.69, 9.17) is 0 Å². The summed E-state index contributed by atoms with van der Waals surface area (Å²) in [5, 5.41) is 10.1. The average Bonchev–Trinajstić information content (AvgIpc) is 3.52. The zero-order valence-corrected chi connectivity index (χ0v) is 16.9. The van der Waals surface area contributed by atoms with Gasteiger partial charge in [0.25, 0.3) is 5.91 Å². The summed E-state index contributed by atoms with van der Waals surface area (Å²) >= 11 is 0. The molecule has 3 aliphatic rings. The van der Waals surface area contributed by atoms with Crippen LogP contribution in [-0.2, 0) is 5.60 Å². The first kappa shape index (κ1) is 18.9. The molecule has 1 aliphatic carbocycles. The molecule has 2 saturated heterocycles. The van der Waals surface area contributed by atoms with Crippen LogP contribution in [0.15, 0.2) is 24.3 Å². The van der Waals surface area contributed by atoms with Gasteiger partial charge in [0.15, 0.2) is 0 Å². The van der Waals surface area contributed by atoms with Gasteiger partial charge in [0, 0.05) is 31.2 Å². The second-order valence-electron chi connectivity index (χ2n) is 9.39. The molecule has 1 aromatic rings. The fourth-order valence-corrected chi connectivity index (χ4v) is 4.96. The Hall–Kier alpha value is -1.39. The Balaban J connectivity index is 1.31. The van der Waals surface area contributed by atoms with Crippen molar-refractivity contribution in [2.45, 2.75) is 64.0 Å². The number of carbonyl (C=O) groups excluding carboxylic acids is 1. The molecule has 0 radical (unpaired) electrons. The maximum absolute atomic E-state index is 12.8. The van der Waals surface area contributed by atoms with Gasteiger partial charge in [0.2, 0.25) is 0 Å². The predicted octanol–water partition coefficient (Wildman–Crippen LogP) is 3.64. The molecule has 1 atom stereocenters. The highest BCUT2D eigenvalue weighted by Crippen LogP contribution is 2.41. The highest BCUT2D eigenvalue weighted by molar-refractivity contribution is 5.94. The Morgan fingerprint density at radius 3 is 2.22 bits per heavy atom. The third kappa shape index (κ3) is 4.38. The summed E-state index contributed by atoms with van der Waals surface area (Å²) in [4.78, 5) is 17.6. The normalized spacial score (nSPS) is 25.6. The summed E-state index contributed by atoms with van der Waals surface area (Å²) in [7, 11) is 0. The molecule has 1 N–H and O–H groups in total. The van der Waals surface area contributed by atoms with E-state index in [0.29, 0.717) is 6.04 Å². The zero-order valence-electron chi connectivity index (χ0n) is 16.9. The lowest BCUT2D eigenvalue weighted by atomic mass is 9.90. The van der Waals surface area contributed by atoms with Gasteiger partial charge in [0.05, 0.1) is 5.60 Å². The summed E-state index contributed by atoms with van der Waals surface area (Å²) < 4.78 is 0. The SMILES string of the molecule is CC(C)(O)c1ccc(C(=O)N2CCC(N3CCCC(C4CC4)C3)CC2)cc1. The molecule has 0 spiro atoms. The van der Waals surface area contributed by atoms with Gasteiger partial charge in [-0.1, -0.05) is 12.1 Å². The number of amides is 1. The van der Waals surface area contributed by atoms with Crippen molar-refractivity contribution in [1.29, 1.82) is 0 Å². The second-order valence-corrected chi connectivity index (χ2v) is 9.39. The van der Waals surface area contributed by atoms with Crippen LogP contribution in [0.3, 0.4) is 0 Å². The molecule has 27 heavy (non-hydrogen) atoms. The maximum atomic E-state index is 12.8. The smallest absolute Gasteiger partial charge is 0.253 e. The first-order chi connectivity index (χ1) is 12.9. The lowest BCUT2D eigenvalue weighted by molar-refractivity contribution is 0.0509. The second kappa shape index (κ2) is 7.56. The molecule has 1 saturated carbocycles. The van der Waals surface area contributed by atoms with Crippen molar-refractivity contribution in [3.05, 3.63) is 35.4 Å². The lowest BCUT2D eigenvalue weighted by Gasteiger charge is -2.42. The molecule has 1 amide bonds. The molecular weight excluding hydrogens is 336 g/mol. The molecule has 3 fully saturated rings. The highest BCUT2D eigenvalue weighted by Gasteiger charge is 2.36. The van der Waals surface area contributed by atoms with Crippen LogP contribution in [0, 0.1) is 11.8 Å². The van der Waals surface area contributed by atoms with Crippen molar-refractivity contribution >= 4 is 5.91 Å². The molecule has 4 nitrogen and oxygen atoms in total. The van der Waals surface area contributed by atoms with Crippen LogP contribution in [0.4, 0.5) is 0 Å². The van der Waals surface area contributed by atoms with Gasteiger partial charge < -0.3 is 10.0 Å². The van der Waals surface area contributed by atoms with Crippen LogP contribution >= 0.6 is 0 Å². The van der Waals surface area contributed by atoms with Crippen molar-refractivity contribution in [1.82, 2.24) is 9.80 Å². The van der Waals surface area contributed by atoms with Gasteiger partial charge in [-0.15, -0.1) is 0 Å². The van der Waals surface area contributed by atoms with Crippen molar-refractivity contribution in [2.75, 3.05) is 26.2 Å². The Morgan fingerprint density at radius 1 is 0.963 bits per heavy atom. The minimum absolute atomic E-state index is 0.130. The quantitative estimate of drug-likeness (QED) is 0.880. The van der Waals surface area contributed by atoms with Gasteiger partial charge in [-0.2, -0.15) is 0 Å². The number of nitrogens with zero attached hydrogens (tertiary/aromatic N) is 2. The van der Waals surface area contributed by atoms with Gasteiger partial charge >= 0.3 is 0 Å². The lowest BCUT2D eigenvalue weighted by Crippen LogP contribution is -2.49. The molecule has 1 aromatic carbocycles. The average molecular weight is 371 g/mol. The van der Waals surface area contributed by atoms with E-state index in [-0.39, 0.29) is 5.91 Å². The number of rotatable bonds is 4. The van der Waals surface area contributed by atoms with Gasteiger partial charge in [-0.25, -0.2) is 0 Å². The Kier molecular flexibility index (Phi) is 5.30. The monoisotopic (exact) mass is 370 g/mol. The Bertz CT molecular complexity index is 652. The number of hydrogen-bond donors (Lipinski definition) is 1. The Labute approximate surface area is 163 Å². The van der Waals surface area contributed by atoms with Crippen LogP contribution in [0.25, 0.3) is 0 Å². The van der Waals surface area contributed by atoms with E-state index in [2.05, 4.69) is 4.90 Å². The standard InChI is InChI=1S/C23H34N2O2/c1-23(2,27)20-9-7-18(8-10-20)22(26)24-14-11-21(12-15-24)25-13-3-4-19(16-25)17-5-6-17/h7-10,17,19,21,27H,3-6,11-16H2,1-2H3. The third-order valence-electron chi connectivity index (χ3n) is 6.88. The fraction of sp³-hybridized carbons (Fsp3) is 0.696. The van der Waals surface area contributed by atoms with Gasteiger partial charge in [-0.05, 0) is 88.4 Å². The van der Waals surface area contributed by atoms with Crippen molar-refractivity contribution in [3.8, 4) is 0 Å². The minimum atomic E-state index is -0.868. The van der Waals surface area contributed by atoms with Crippen LogP contribution in [0.2, 0.25) is 0 Å². The molecule has 4 heteroatoms. The highest BCUT2D eigenvalue weighted by atomic mass is 16.3. The van der Waals surface area contributed by atoms with E-state index in [1.165, 1.54) is 38.8 Å². The van der Waals surface area contributed by atoms with Gasteiger partial charge in [-0.3, -0.25) is 9.69 Å². The third-order valence-corrected chi connectivity index (χ3v) is 6.88. The van der Waals surface area contributed by atoms with E-state index < -0.39 is 5.60 Å². The van der Waals surface area contributed by atoms with Crippen LogP contribution < -0.4 is 0 Å². The summed E-state index contributed by atoms with van der Waals surface area (Å²) in [5.74, 6) is 2.08. The molecule has 4 rings (SSSR count). The molecule has 2 aliphatic heterocycles. The molecule has 2 heterocycles. The van der Waals surface area contributed by atoms with Crippen LogP contribution in [-0.4, -0.2) is 53.0 Å². The van der Waals surface area contributed by atoms with Gasteiger partial charge in [0.1, 0.15) is 0 Å². The van der Waals surface area contributed by atoms with E-state index in [0.717, 1.165) is 48.9 Å². The molecule has 0 bridgehead atoms. The topological polar surface area (TPSA) is 43.8 Å². The number of aliphatic hydroxyl groups is 1. The van der Waals surface area contributed by atoms with Crippen molar-refractivity contribution in [3.63, 3.8) is 0 Å². The molecular formula is C23H34N2O2. The van der Waals surface area contributed by atoms with E-state index in [1.54, 1.807) is 13.8 Å². The van der Waals surface area contributed by atoms with Crippen LogP contribution in [0.1, 0.15) is 68.3 Å². The summed E-state index contributed by atoms with van der Waals surface area (Å²) in [5.41, 5.74) is 0.702. The maximum Gasteiger partial charge on any atom is 0.253 e. The number of carbonyl (C=O) groups is 1. The largest absolute Gasteiger partial charge is 0.386 e. The van der Waals surface area contributed by atoms with E-state index in [9.17, 15) is 9.90 Å². The van der Waals surface area contributed by atoms with Crippen molar-refractivity contribution in [2.24, 2.45) is 11.8 Å². The summed E-state index contributed by atoms with van der Waals surface area (Å²) in [6.45, 7) is 7.80. The zero-order chi connectivity index (χ0) is 19.0. The molecule has 148 valence electrons. The van der Waals surface area contributed by atoms with Crippen LogP contribution in [0.5, 0.6) is 0 Å². The first-order valence-electron chi connectivity index (χ1n) is 10.8. The summed E-state index contributed by atoms with van der Waals surface area (Å²) in [6, 6.07) is 8.10. The summed E-state index contributed by atoms with van der Waals surface area (Å²) in [6.07, 6.45) is 7.90. The number of piperidine rings is 2. The Morgan fingerprint density at radius 2 is 1.63 bits per heavy atom. The van der Waals surface area contributed by atoms with E-state index in [1.807, 2.05) is 29.2 Å². The fourth-order valence-electron chi connectivity index (χ4n) is 4.96. The molecule has 0 aromatic heterocycles. The van der Waals surface area contributed by atoms with Crippen molar-refractivity contribution < 1.29 is 9.90 Å².